The Labute approximate surface area is 167 Å². The molecular formula is C21H34N2O5. The van der Waals surface area contributed by atoms with Crippen LogP contribution >= 0.6 is 0 Å². The van der Waals surface area contributed by atoms with Crippen LogP contribution in [0.5, 0.6) is 0 Å². The number of esters is 1. The van der Waals surface area contributed by atoms with E-state index in [4.69, 9.17) is 4.74 Å². The van der Waals surface area contributed by atoms with Crippen molar-refractivity contribution in [2.24, 2.45) is 23.7 Å². The molecule has 158 valence electrons. The highest BCUT2D eigenvalue weighted by atomic mass is 16.5. The van der Waals surface area contributed by atoms with Crippen molar-refractivity contribution in [3.8, 4) is 0 Å². The molecule has 0 aromatic carbocycles. The van der Waals surface area contributed by atoms with Crippen LogP contribution in [0.2, 0.25) is 0 Å². The summed E-state index contributed by atoms with van der Waals surface area (Å²) in [5, 5.41) is 12.4. The summed E-state index contributed by atoms with van der Waals surface area (Å²) >= 11 is 0. The predicted molar refractivity (Wildman–Crippen MR) is 105 cm³/mol. The maximum Gasteiger partial charge on any atom is 0.310 e. The largest absolute Gasteiger partial charge is 0.466 e. The van der Waals surface area contributed by atoms with Gasteiger partial charge in [0.25, 0.3) is 0 Å². The molecule has 0 aromatic heterocycles. The molecule has 0 radical (unpaired) electrons. The number of aliphatic hydroxyl groups excluding tert-OH is 1. The lowest BCUT2D eigenvalue weighted by atomic mass is 9.68. The lowest BCUT2D eigenvalue weighted by Crippen LogP contribution is -2.53. The number of carbonyl (C=O) groups excluding carboxylic acids is 3. The van der Waals surface area contributed by atoms with Gasteiger partial charge < -0.3 is 20.1 Å². The molecular weight excluding hydrogens is 360 g/mol. The monoisotopic (exact) mass is 394 g/mol. The molecule has 2 rings (SSSR count). The van der Waals surface area contributed by atoms with Crippen molar-refractivity contribution >= 4 is 17.8 Å². The molecule has 0 unspecified atom stereocenters. The first-order valence-electron chi connectivity index (χ1n) is 10.2. The highest BCUT2D eigenvalue weighted by Gasteiger charge is 2.57. The van der Waals surface area contributed by atoms with Gasteiger partial charge in [0.05, 0.1) is 25.0 Å². The number of hydrogen-bond acceptors (Lipinski definition) is 5. The zero-order valence-corrected chi connectivity index (χ0v) is 17.6. The first kappa shape index (κ1) is 22.4. The number of hydrogen-bond donors (Lipinski definition) is 2. The molecule has 0 spiro atoms. The van der Waals surface area contributed by atoms with E-state index in [-0.39, 0.29) is 43.5 Å². The van der Waals surface area contributed by atoms with Gasteiger partial charge in [-0.05, 0) is 40.0 Å². The predicted octanol–water partition coefficient (Wildman–Crippen LogP) is 1.50. The van der Waals surface area contributed by atoms with E-state index in [1.165, 1.54) is 4.90 Å². The van der Waals surface area contributed by atoms with Crippen LogP contribution < -0.4 is 5.32 Å². The number of likely N-dealkylation sites (tertiary alicyclic amines) is 1. The number of amides is 2. The number of allylic oxidation sites excluding steroid dienone is 1. The summed E-state index contributed by atoms with van der Waals surface area (Å²) in [6.45, 7) is 9.50. The van der Waals surface area contributed by atoms with Crippen molar-refractivity contribution in [3.05, 3.63) is 12.2 Å². The second kappa shape index (κ2) is 9.07. The average molecular weight is 395 g/mol. The van der Waals surface area contributed by atoms with Crippen molar-refractivity contribution in [1.82, 2.24) is 10.2 Å². The van der Waals surface area contributed by atoms with Crippen molar-refractivity contribution < 1.29 is 24.2 Å². The minimum Gasteiger partial charge on any atom is -0.466 e. The standard InChI is InChI=1S/C21H34N2O5/c1-6-8-13-9-10-14-16(15(13)20(27)28-7-2)19(26)23(11-12-24)17(14)18(25)22-21(3,4)5/h9-10,13-17,24H,6-8,11-12H2,1-5H3,(H,22,25)/t13-,14+,15-,16-,17+/m1/s1. The van der Waals surface area contributed by atoms with Gasteiger partial charge >= 0.3 is 5.97 Å². The summed E-state index contributed by atoms with van der Waals surface area (Å²) in [6.07, 6.45) is 5.54. The van der Waals surface area contributed by atoms with Gasteiger partial charge in [0.1, 0.15) is 6.04 Å². The third-order valence-corrected chi connectivity index (χ3v) is 5.40. The molecule has 7 nitrogen and oxygen atoms in total. The van der Waals surface area contributed by atoms with E-state index in [9.17, 15) is 19.5 Å². The summed E-state index contributed by atoms with van der Waals surface area (Å²) in [5.74, 6) is -2.63. The number of nitrogens with zero attached hydrogens (tertiary/aromatic N) is 1. The Morgan fingerprint density at radius 2 is 1.93 bits per heavy atom. The molecule has 2 amide bonds. The molecule has 2 N–H and O–H groups in total. The van der Waals surface area contributed by atoms with Gasteiger partial charge in [-0.25, -0.2) is 0 Å². The van der Waals surface area contributed by atoms with Gasteiger partial charge in [0.2, 0.25) is 11.8 Å². The number of nitrogens with one attached hydrogen (secondary N) is 1. The fraction of sp³-hybridized carbons (Fsp3) is 0.762. The molecule has 1 aliphatic carbocycles. The summed E-state index contributed by atoms with van der Waals surface area (Å²) in [7, 11) is 0. The zero-order chi connectivity index (χ0) is 21.1. The van der Waals surface area contributed by atoms with Crippen LogP contribution in [0, 0.1) is 23.7 Å². The van der Waals surface area contributed by atoms with E-state index < -0.39 is 29.3 Å². The van der Waals surface area contributed by atoms with E-state index in [0.29, 0.717) is 0 Å². The smallest absolute Gasteiger partial charge is 0.310 e. The number of fused-ring (bicyclic) bond motifs is 1. The minimum atomic E-state index is -0.736. The highest BCUT2D eigenvalue weighted by Crippen LogP contribution is 2.45. The number of carbonyl (C=O) groups is 3. The van der Waals surface area contributed by atoms with Gasteiger partial charge in [0, 0.05) is 18.0 Å². The lowest BCUT2D eigenvalue weighted by Gasteiger charge is -2.34. The Kier molecular flexibility index (Phi) is 7.26. The third kappa shape index (κ3) is 4.57. The first-order chi connectivity index (χ1) is 13.2. The fourth-order valence-corrected chi connectivity index (χ4v) is 4.46. The molecule has 0 saturated carbocycles. The maximum absolute atomic E-state index is 13.3. The summed E-state index contributed by atoms with van der Waals surface area (Å²) < 4.78 is 5.29. The summed E-state index contributed by atoms with van der Waals surface area (Å²) in [5.41, 5.74) is -0.452. The Balaban J connectivity index is 2.44. The van der Waals surface area contributed by atoms with Crippen LogP contribution in [-0.2, 0) is 19.1 Å². The summed E-state index contributed by atoms with van der Waals surface area (Å²) in [4.78, 5) is 40.5. The van der Waals surface area contributed by atoms with Crippen LogP contribution in [0.4, 0.5) is 0 Å². The highest BCUT2D eigenvalue weighted by molar-refractivity contribution is 5.96. The van der Waals surface area contributed by atoms with E-state index in [1.807, 2.05) is 39.8 Å². The van der Waals surface area contributed by atoms with Crippen LogP contribution in [0.1, 0.15) is 47.5 Å². The molecule has 28 heavy (non-hydrogen) atoms. The molecule has 0 bridgehead atoms. The Morgan fingerprint density at radius 1 is 1.25 bits per heavy atom. The minimum absolute atomic E-state index is 0.0654. The van der Waals surface area contributed by atoms with E-state index in [0.717, 1.165) is 12.8 Å². The average Bonchev–Trinajstić information content (AvgIpc) is 2.87. The van der Waals surface area contributed by atoms with Crippen LogP contribution in [-0.4, -0.2) is 59.1 Å². The first-order valence-corrected chi connectivity index (χ1v) is 10.2. The quantitative estimate of drug-likeness (QED) is 0.504. The molecule has 1 aliphatic heterocycles. The fourth-order valence-electron chi connectivity index (χ4n) is 4.46. The topological polar surface area (TPSA) is 95.9 Å². The Hall–Kier alpha value is -1.89. The van der Waals surface area contributed by atoms with Crippen LogP contribution in [0.15, 0.2) is 12.2 Å². The maximum atomic E-state index is 13.3. The molecule has 7 heteroatoms. The van der Waals surface area contributed by atoms with E-state index >= 15 is 0 Å². The van der Waals surface area contributed by atoms with Crippen molar-refractivity contribution in [3.63, 3.8) is 0 Å². The SMILES string of the molecule is CCC[C@@H]1C=C[C@H]2[C@@H](C(=O)N(CCO)[C@@H]2C(=O)NC(C)(C)C)[C@@H]1C(=O)OCC. The zero-order valence-electron chi connectivity index (χ0n) is 17.6. The number of rotatable bonds is 7. The number of aliphatic hydroxyl groups is 1. The molecule has 1 heterocycles. The Bertz CT molecular complexity index is 625. The second-order valence-electron chi connectivity index (χ2n) is 8.66. The van der Waals surface area contributed by atoms with Gasteiger partial charge in [-0.2, -0.15) is 0 Å². The Morgan fingerprint density at radius 3 is 2.46 bits per heavy atom. The van der Waals surface area contributed by atoms with Crippen molar-refractivity contribution in [2.75, 3.05) is 19.8 Å². The lowest BCUT2D eigenvalue weighted by molar-refractivity contribution is -0.155. The molecule has 0 aromatic rings. The molecule has 5 atom stereocenters. The van der Waals surface area contributed by atoms with Gasteiger partial charge in [-0.15, -0.1) is 0 Å². The summed E-state index contributed by atoms with van der Waals surface area (Å²) in [6, 6.07) is -0.736. The van der Waals surface area contributed by atoms with Gasteiger partial charge in [0.15, 0.2) is 0 Å². The van der Waals surface area contributed by atoms with Crippen molar-refractivity contribution in [1.29, 1.82) is 0 Å². The number of β-amino-alcohol motifs (C(OH)–C–C–N with tert-alkyl or cyclic N) is 1. The number of ether oxygens (including phenoxy) is 1. The molecule has 2 aliphatic rings. The second-order valence-corrected chi connectivity index (χ2v) is 8.66. The van der Waals surface area contributed by atoms with Crippen LogP contribution in [0.3, 0.4) is 0 Å². The normalized spacial score (nSPS) is 29.6. The van der Waals surface area contributed by atoms with Crippen LogP contribution in [0.25, 0.3) is 0 Å². The van der Waals surface area contributed by atoms with E-state index in [2.05, 4.69) is 5.32 Å². The van der Waals surface area contributed by atoms with Gasteiger partial charge in [-0.3, -0.25) is 14.4 Å². The third-order valence-electron chi connectivity index (χ3n) is 5.40. The molecule has 1 fully saturated rings. The van der Waals surface area contributed by atoms with E-state index in [1.54, 1.807) is 6.92 Å². The van der Waals surface area contributed by atoms with Gasteiger partial charge in [-0.1, -0.05) is 25.5 Å². The van der Waals surface area contributed by atoms with Crippen molar-refractivity contribution in [2.45, 2.75) is 59.0 Å². The molecule has 1 saturated heterocycles.